The van der Waals surface area contributed by atoms with Crippen molar-refractivity contribution in [2.24, 2.45) is 5.92 Å². The van der Waals surface area contributed by atoms with Gasteiger partial charge in [0.05, 0.1) is 5.02 Å². The summed E-state index contributed by atoms with van der Waals surface area (Å²) in [6.45, 7) is 0.849. The Labute approximate surface area is 162 Å². The Morgan fingerprint density at radius 3 is 2.52 bits per heavy atom. The third-order valence-corrected chi connectivity index (χ3v) is 4.80. The Hall–Kier alpha value is -2.60. The van der Waals surface area contributed by atoms with Gasteiger partial charge in [-0.2, -0.15) is 0 Å². The van der Waals surface area contributed by atoms with Gasteiger partial charge in [0.1, 0.15) is 11.6 Å². The summed E-state index contributed by atoms with van der Waals surface area (Å²) in [5, 5.41) is 2.85. The Morgan fingerprint density at radius 2 is 1.85 bits per heavy atom. The van der Waals surface area contributed by atoms with Crippen LogP contribution >= 0.6 is 11.6 Å². The summed E-state index contributed by atoms with van der Waals surface area (Å²) >= 11 is 5.69. The van der Waals surface area contributed by atoms with E-state index in [0.717, 1.165) is 5.69 Å². The zero-order valence-electron chi connectivity index (χ0n) is 14.7. The van der Waals surface area contributed by atoms with E-state index in [1.54, 1.807) is 4.90 Å². The summed E-state index contributed by atoms with van der Waals surface area (Å²) in [7, 11) is 0. The fraction of sp³-hybridized carbons (Fsp3) is 0.300. The maximum atomic E-state index is 13.1. The van der Waals surface area contributed by atoms with Crippen molar-refractivity contribution in [1.29, 1.82) is 0 Å². The van der Waals surface area contributed by atoms with Gasteiger partial charge in [0.15, 0.2) is 6.61 Å². The molecule has 0 atom stereocenters. The van der Waals surface area contributed by atoms with Crippen LogP contribution in [0.3, 0.4) is 0 Å². The van der Waals surface area contributed by atoms with Crippen LogP contribution in [0.1, 0.15) is 12.8 Å². The Balaban J connectivity index is 1.44. The number of halogens is 2. The Bertz CT molecular complexity index is 808. The average molecular weight is 391 g/mol. The number of nitrogens with zero attached hydrogens (tertiary/aromatic N) is 1. The normalized spacial score (nSPS) is 14.7. The summed E-state index contributed by atoms with van der Waals surface area (Å²) in [4.78, 5) is 26.3. The monoisotopic (exact) mass is 390 g/mol. The molecule has 1 aliphatic heterocycles. The van der Waals surface area contributed by atoms with E-state index in [2.05, 4.69) is 5.32 Å². The van der Waals surface area contributed by atoms with E-state index in [9.17, 15) is 14.0 Å². The molecule has 0 bridgehead atoms. The van der Waals surface area contributed by atoms with Crippen molar-refractivity contribution in [2.75, 3.05) is 25.0 Å². The highest BCUT2D eigenvalue weighted by Crippen LogP contribution is 2.22. The van der Waals surface area contributed by atoms with E-state index >= 15 is 0 Å². The van der Waals surface area contributed by atoms with Crippen molar-refractivity contribution in [3.05, 3.63) is 59.4 Å². The van der Waals surface area contributed by atoms with E-state index in [0.29, 0.717) is 31.7 Å². The van der Waals surface area contributed by atoms with E-state index in [1.165, 1.54) is 18.2 Å². The number of likely N-dealkylation sites (tertiary alicyclic amines) is 1. The number of carbonyl (C=O) groups is 2. The molecule has 7 heteroatoms. The van der Waals surface area contributed by atoms with Gasteiger partial charge in [-0.05, 0) is 37.1 Å². The Kier molecular flexibility index (Phi) is 6.29. The number of carbonyl (C=O) groups excluding carboxylic acids is 2. The number of benzene rings is 2. The topological polar surface area (TPSA) is 58.6 Å². The Morgan fingerprint density at radius 1 is 1.15 bits per heavy atom. The van der Waals surface area contributed by atoms with Crippen molar-refractivity contribution in [3.8, 4) is 5.75 Å². The molecule has 0 spiro atoms. The molecule has 27 heavy (non-hydrogen) atoms. The van der Waals surface area contributed by atoms with Gasteiger partial charge < -0.3 is 15.0 Å². The van der Waals surface area contributed by atoms with Crippen LogP contribution in [0.5, 0.6) is 5.75 Å². The SMILES string of the molecule is O=C(Nc1ccccc1)C1CCN(C(=O)COc2ccc(F)c(Cl)c2)CC1. The predicted octanol–water partition coefficient (Wildman–Crippen LogP) is 3.74. The van der Waals surface area contributed by atoms with Gasteiger partial charge in [-0.1, -0.05) is 29.8 Å². The summed E-state index contributed by atoms with van der Waals surface area (Å²) < 4.78 is 18.5. The molecule has 0 unspecified atom stereocenters. The van der Waals surface area contributed by atoms with Crippen LogP contribution in [0, 0.1) is 11.7 Å². The number of nitrogens with one attached hydrogen (secondary N) is 1. The molecule has 0 aliphatic carbocycles. The number of piperidine rings is 1. The third kappa shape index (κ3) is 5.20. The summed E-state index contributed by atoms with van der Waals surface area (Å²) in [5.41, 5.74) is 0.771. The van der Waals surface area contributed by atoms with E-state index in [1.807, 2.05) is 30.3 Å². The minimum absolute atomic E-state index is 0.0227. The molecule has 0 radical (unpaired) electrons. The van der Waals surface area contributed by atoms with Gasteiger partial charge in [0.2, 0.25) is 5.91 Å². The summed E-state index contributed by atoms with van der Waals surface area (Å²) in [6.07, 6.45) is 1.21. The number of para-hydroxylation sites is 1. The van der Waals surface area contributed by atoms with E-state index < -0.39 is 5.82 Å². The molecular formula is C20H20ClFN2O3. The molecule has 1 saturated heterocycles. The highest BCUT2D eigenvalue weighted by atomic mass is 35.5. The molecule has 1 fully saturated rings. The minimum atomic E-state index is -0.536. The molecule has 1 N–H and O–H groups in total. The summed E-state index contributed by atoms with van der Waals surface area (Å²) in [5.74, 6) is -0.507. The number of hydrogen-bond donors (Lipinski definition) is 1. The molecule has 5 nitrogen and oxygen atoms in total. The van der Waals surface area contributed by atoms with Crippen LogP contribution in [-0.4, -0.2) is 36.4 Å². The van der Waals surface area contributed by atoms with Gasteiger partial charge in [-0.25, -0.2) is 4.39 Å². The van der Waals surface area contributed by atoms with E-state index in [-0.39, 0.29) is 29.4 Å². The fourth-order valence-corrected chi connectivity index (χ4v) is 3.13. The molecule has 2 aromatic rings. The molecule has 1 aliphatic rings. The number of ether oxygens (including phenoxy) is 1. The van der Waals surface area contributed by atoms with Crippen molar-refractivity contribution < 1.29 is 18.7 Å². The number of amides is 2. The van der Waals surface area contributed by atoms with Crippen LogP contribution in [0.4, 0.5) is 10.1 Å². The lowest BCUT2D eigenvalue weighted by Gasteiger charge is -2.31. The first-order valence-corrected chi connectivity index (χ1v) is 9.12. The lowest BCUT2D eigenvalue weighted by atomic mass is 9.95. The molecule has 1 heterocycles. The highest BCUT2D eigenvalue weighted by molar-refractivity contribution is 6.30. The summed E-state index contributed by atoms with van der Waals surface area (Å²) in [6, 6.07) is 13.3. The first kappa shape index (κ1) is 19.2. The fourth-order valence-electron chi connectivity index (χ4n) is 2.96. The quantitative estimate of drug-likeness (QED) is 0.846. The van der Waals surface area contributed by atoms with Gasteiger partial charge in [-0.3, -0.25) is 9.59 Å². The minimum Gasteiger partial charge on any atom is -0.484 e. The van der Waals surface area contributed by atoms with Crippen molar-refractivity contribution >= 4 is 29.1 Å². The van der Waals surface area contributed by atoms with Crippen molar-refractivity contribution in [2.45, 2.75) is 12.8 Å². The van der Waals surface area contributed by atoms with E-state index in [4.69, 9.17) is 16.3 Å². The van der Waals surface area contributed by atoms with Crippen LogP contribution in [0.25, 0.3) is 0 Å². The van der Waals surface area contributed by atoms with Crippen molar-refractivity contribution in [3.63, 3.8) is 0 Å². The van der Waals surface area contributed by atoms with Crippen LogP contribution in [-0.2, 0) is 9.59 Å². The first-order chi connectivity index (χ1) is 13.0. The standard InChI is InChI=1S/C20H20ClFN2O3/c21-17-12-16(6-7-18(17)22)27-13-19(25)24-10-8-14(9-11-24)20(26)23-15-4-2-1-3-5-15/h1-7,12,14H,8-11,13H2,(H,23,26). The maximum absolute atomic E-state index is 13.1. The number of hydrogen-bond acceptors (Lipinski definition) is 3. The van der Waals surface area contributed by atoms with Gasteiger partial charge >= 0.3 is 0 Å². The molecule has 0 aromatic heterocycles. The zero-order chi connectivity index (χ0) is 19.2. The smallest absolute Gasteiger partial charge is 0.260 e. The zero-order valence-corrected chi connectivity index (χ0v) is 15.4. The number of anilines is 1. The largest absolute Gasteiger partial charge is 0.484 e. The van der Waals surface area contributed by atoms with Crippen LogP contribution in [0.15, 0.2) is 48.5 Å². The van der Waals surface area contributed by atoms with Gasteiger partial charge in [-0.15, -0.1) is 0 Å². The van der Waals surface area contributed by atoms with Crippen molar-refractivity contribution in [1.82, 2.24) is 4.90 Å². The highest BCUT2D eigenvalue weighted by Gasteiger charge is 2.27. The molecule has 0 saturated carbocycles. The number of rotatable bonds is 5. The average Bonchev–Trinajstić information content (AvgIpc) is 2.69. The lowest BCUT2D eigenvalue weighted by Crippen LogP contribution is -2.43. The second-order valence-electron chi connectivity index (χ2n) is 6.37. The molecular weight excluding hydrogens is 371 g/mol. The molecule has 142 valence electrons. The lowest BCUT2D eigenvalue weighted by molar-refractivity contribution is -0.136. The molecule has 3 rings (SSSR count). The van der Waals surface area contributed by atoms with Gasteiger partial charge in [0.25, 0.3) is 5.91 Å². The van der Waals surface area contributed by atoms with Gasteiger partial charge in [0, 0.05) is 30.8 Å². The molecule has 2 amide bonds. The predicted molar refractivity (Wildman–Crippen MR) is 101 cm³/mol. The third-order valence-electron chi connectivity index (χ3n) is 4.51. The second kappa shape index (κ2) is 8.86. The van der Waals surface area contributed by atoms with Crippen LogP contribution in [0.2, 0.25) is 5.02 Å². The molecule has 2 aromatic carbocycles. The maximum Gasteiger partial charge on any atom is 0.260 e. The first-order valence-electron chi connectivity index (χ1n) is 8.74. The van der Waals surface area contributed by atoms with Crippen LogP contribution < -0.4 is 10.1 Å². The second-order valence-corrected chi connectivity index (χ2v) is 6.78.